The Labute approximate surface area is 117 Å². The minimum Gasteiger partial charge on any atom is -0.493 e. The van der Waals surface area contributed by atoms with Gasteiger partial charge in [0.15, 0.2) is 0 Å². The van der Waals surface area contributed by atoms with E-state index in [0.29, 0.717) is 25.4 Å². The normalized spacial score (nSPS) is 13.1. The molecule has 0 saturated carbocycles. The van der Waals surface area contributed by atoms with Crippen molar-refractivity contribution >= 4 is 0 Å². The molecule has 0 saturated heterocycles. The van der Waals surface area contributed by atoms with Crippen LogP contribution in [0.25, 0.3) is 0 Å². The average molecular weight is 262 g/mol. The average Bonchev–Trinajstić information content (AvgIpc) is 2.44. The van der Waals surface area contributed by atoms with E-state index in [2.05, 4.69) is 13.5 Å². The van der Waals surface area contributed by atoms with Gasteiger partial charge in [-0.25, -0.2) is 0 Å². The molecule has 1 atom stereocenters. The zero-order valence-electron chi connectivity index (χ0n) is 12.6. The van der Waals surface area contributed by atoms with Crippen LogP contribution in [0.5, 0.6) is 5.75 Å². The monoisotopic (exact) mass is 262 g/mol. The summed E-state index contributed by atoms with van der Waals surface area (Å²) < 4.78 is 5.78. The summed E-state index contributed by atoms with van der Waals surface area (Å²) in [5.74, 6) is 1.14. The van der Waals surface area contributed by atoms with Crippen molar-refractivity contribution in [3.8, 4) is 5.75 Å². The first-order valence-corrected chi connectivity index (χ1v) is 7.04. The van der Waals surface area contributed by atoms with Crippen LogP contribution in [0.3, 0.4) is 0 Å². The van der Waals surface area contributed by atoms with E-state index in [9.17, 15) is 5.11 Å². The molecule has 0 radical (unpaired) electrons. The summed E-state index contributed by atoms with van der Waals surface area (Å²) in [5, 5.41) is 10.5. The summed E-state index contributed by atoms with van der Waals surface area (Å²) in [6.07, 6.45) is 1.41. The Kier molecular flexibility index (Phi) is 5.61. The maximum atomic E-state index is 10.5. The van der Waals surface area contributed by atoms with E-state index < -0.39 is 5.60 Å². The highest BCUT2D eigenvalue weighted by molar-refractivity contribution is 5.32. The second-order valence-corrected chi connectivity index (χ2v) is 5.32. The van der Waals surface area contributed by atoms with Gasteiger partial charge in [-0.05, 0) is 37.5 Å². The largest absolute Gasteiger partial charge is 0.493 e. The Bertz CT molecular complexity index is 419. The summed E-state index contributed by atoms with van der Waals surface area (Å²) in [7, 11) is 0. The molecule has 0 spiro atoms. The van der Waals surface area contributed by atoms with Crippen LogP contribution in [0.2, 0.25) is 0 Å². The predicted molar refractivity (Wildman–Crippen MR) is 80.4 cm³/mol. The third kappa shape index (κ3) is 4.10. The summed E-state index contributed by atoms with van der Waals surface area (Å²) >= 11 is 0. The van der Waals surface area contributed by atoms with Gasteiger partial charge in [0, 0.05) is 5.92 Å². The lowest BCUT2D eigenvalue weighted by atomic mass is 9.88. The first-order chi connectivity index (χ1) is 8.92. The predicted octanol–water partition coefficient (Wildman–Crippen LogP) is 4.29. The summed E-state index contributed by atoms with van der Waals surface area (Å²) in [6.45, 7) is 12.7. The second kappa shape index (κ2) is 6.76. The van der Waals surface area contributed by atoms with E-state index in [1.54, 1.807) is 0 Å². The van der Waals surface area contributed by atoms with Gasteiger partial charge in [0.25, 0.3) is 0 Å². The minimum atomic E-state index is -0.751. The molecule has 1 N–H and O–H groups in total. The fourth-order valence-electron chi connectivity index (χ4n) is 1.90. The van der Waals surface area contributed by atoms with Crippen molar-refractivity contribution in [3.05, 3.63) is 42.0 Å². The van der Waals surface area contributed by atoms with Crippen molar-refractivity contribution < 1.29 is 9.84 Å². The van der Waals surface area contributed by atoms with Gasteiger partial charge in [0.05, 0.1) is 12.2 Å². The van der Waals surface area contributed by atoms with E-state index in [1.165, 1.54) is 0 Å². The highest BCUT2D eigenvalue weighted by atomic mass is 16.5. The lowest BCUT2D eigenvalue weighted by Gasteiger charge is -2.26. The van der Waals surface area contributed by atoms with E-state index >= 15 is 0 Å². The Morgan fingerprint density at radius 2 is 2.00 bits per heavy atom. The van der Waals surface area contributed by atoms with E-state index in [-0.39, 0.29) is 0 Å². The quantitative estimate of drug-likeness (QED) is 0.743. The van der Waals surface area contributed by atoms with Crippen LogP contribution in [-0.4, -0.2) is 11.7 Å². The lowest BCUT2D eigenvalue weighted by Crippen LogP contribution is -2.23. The fourth-order valence-corrected chi connectivity index (χ4v) is 1.90. The zero-order valence-corrected chi connectivity index (χ0v) is 12.6. The molecule has 0 aliphatic heterocycles. The molecule has 19 heavy (non-hydrogen) atoms. The first-order valence-electron chi connectivity index (χ1n) is 7.04. The van der Waals surface area contributed by atoms with Gasteiger partial charge < -0.3 is 9.84 Å². The summed E-state index contributed by atoms with van der Waals surface area (Å²) in [4.78, 5) is 0. The van der Waals surface area contributed by atoms with Gasteiger partial charge in [0.2, 0.25) is 0 Å². The van der Waals surface area contributed by atoms with Gasteiger partial charge in [-0.1, -0.05) is 45.1 Å². The number of hydrogen-bond acceptors (Lipinski definition) is 2. The number of aliphatic hydroxyl groups is 1. The molecule has 0 heterocycles. The molecule has 0 aliphatic rings. The van der Waals surface area contributed by atoms with Crippen LogP contribution < -0.4 is 4.74 Å². The molecule has 0 aliphatic carbocycles. The molecule has 1 unspecified atom stereocenters. The maximum absolute atomic E-state index is 10.5. The Balaban J connectivity index is 2.80. The van der Waals surface area contributed by atoms with Crippen LogP contribution in [0.4, 0.5) is 0 Å². The molecule has 0 amide bonds. The number of benzene rings is 1. The third-order valence-corrected chi connectivity index (χ3v) is 3.88. The first kappa shape index (κ1) is 15.8. The Morgan fingerprint density at radius 3 is 2.53 bits per heavy atom. The van der Waals surface area contributed by atoms with Gasteiger partial charge in [0.1, 0.15) is 5.75 Å². The van der Waals surface area contributed by atoms with Crippen molar-refractivity contribution in [1.82, 2.24) is 0 Å². The molecule has 1 aromatic carbocycles. The van der Waals surface area contributed by atoms with E-state index in [1.807, 2.05) is 45.0 Å². The highest BCUT2D eigenvalue weighted by Gasteiger charge is 2.24. The Morgan fingerprint density at radius 1 is 1.37 bits per heavy atom. The number of ether oxygens (including phenoxy) is 1. The van der Waals surface area contributed by atoms with Crippen LogP contribution in [0.1, 0.15) is 46.1 Å². The molecule has 0 aromatic heterocycles. The van der Waals surface area contributed by atoms with E-state index in [4.69, 9.17) is 4.74 Å². The molecule has 0 fully saturated rings. The standard InChI is InChI=1S/C17H26O2/c1-6-17(18,7-2)15-9-8-10-16(11-15)19-12-14(5)13(3)4/h8-11,14,18H,3,6-7,12H2,1-2,4-5H3. The van der Waals surface area contributed by atoms with Crippen LogP contribution in [-0.2, 0) is 5.60 Å². The molecular weight excluding hydrogens is 236 g/mol. The number of hydrogen-bond donors (Lipinski definition) is 1. The fraction of sp³-hybridized carbons (Fsp3) is 0.529. The van der Waals surface area contributed by atoms with Crippen molar-refractivity contribution in [3.63, 3.8) is 0 Å². The SMILES string of the molecule is C=C(C)C(C)COc1cccc(C(O)(CC)CC)c1. The lowest BCUT2D eigenvalue weighted by molar-refractivity contribution is 0.0281. The smallest absolute Gasteiger partial charge is 0.119 e. The van der Waals surface area contributed by atoms with Gasteiger partial charge >= 0.3 is 0 Å². The van der Waals surface area contributed by atoms with Gasteiger partial charge in [-0.15, -0.1) is 0 Å². The topological polar surface area (TPSA) is 29.5 Å². The van der Waals surface area contributed by atoms with E-state index in [0.717, 1.165) is 16.9 Å². The van der Waals surface area contributed by atoms with Crippen molar-refractivity contribution in [1.29, 1.82) is 0 Å². The van der Waals surface area contributed by atoms with Crippen LogP contribution in [0, 0.1) is 5.92 Å². The van der Waals surface area contributed by atoms with Crippen LogP contribution in [0.15, 0.2) is 36.4 Å². The molecule has 1 rings (SSSR count). The van der Waals surface area contributed by atoms with Crippen molar-refractivity contribution in [2.45, 2.75) is 46.1 Å². The third-order valence-electron chi connectivity index (χ3n) is 3.88. The van der Waals surface area contributed by atoms with Gasteiger partial charge in [-0.3, -0.25) is 0 Å². The molecule has 2 heteroatoms. The minimum absolute atomic E-state index is 0.333. The van der Waals surface area contributed by atoms with Crippen molar-refractivity contribution in [2.75, 3.05) is 6.61 Å². The van der Waals surface area contributed by atoms with Gasteiger partial charge in [-0.2, -0.15) is 0 Å². The molecule has 106 valence electrons. The molecule has 2 nitrogen and oxygen atoms in total. The van der Waals surface area contributed by atoms with Crippen molar-refractivity contribution in [2.24, 2.45) is 5.92 Å². The van der Waals surface area contributed by atoms with Crippen LogP contribution >= 0.6 is 0 Å². The molecular formula is C17H26O2. The maximum Gasteiger partial charge on any atom is 0.119 e. The highest BCUT2D eigenvalue weighted by Crippen LogP contribution is 2.30. The Hall–Kier alpha value is -1.28. The summed E-state index contributed by atoms with van der Waals surface area (Å²) in [6, 6.07) is 7.77. The second-order valence-electron chi connectivity index (χ2n) is 5.32. The summed E-state index contributed by atoms with van der Waals surface area (Å²) in [5.41, 5.74) is 1.30. The number of rotatable bonds is 7. The molecule has 0 bridgehead atoms. The zero-order chi connectivity index (χ0) is 14.5. The molecule has 1 aromatic rings.